The molecule has 148 valence electrons. The standard InChI is InChI=1S/C16H12F6N6/c17-14(18)8-5-10-11(6-9(8)15(19,20)16(14,21)22)28-7-24-26-13(28)12(25-10)27-3-1-23-2-4-27/h5-7,23H,1-4H2. The van der Waals surface area contributed by atoms with Crippen molar-refractivity contribution in [2.24, 2.45) is 0 Å². The van der Waals surface area contributed by atoms with E-state index in [2.05, 4.69) is 20.5 Å². The molecule has 0 unspecified atom stereocenters. The van der Waals surface area contributed by atoms with E-state index in [0.717, 1.165) is 0 Å². The van der Waals surface area contributed by atoms with Gasteiger partial charge in [0.05, 0.1) is 11.0 Å². The van der Waals surface area contributed by atoms with Gasteiger partial charge in [-0.05, 0) is 12.1 Å². The van der Waals surface area contributed by atoms with Crippen LogP contribution in [0.4, 0.5) is 32.2 Å². The zero-order valence-electron chi connectivity index (χ0n) is 14.1. The van der Waals surface area contributed by atoms with Gasteiger partial charge >= 0.3 is 17.8 Å². The Bertz CT molecular complexity index is 1100. The van der Waals surface area contributed by atoms with Crippen molar-refractivity contribution < 1.29 is 26.3 Å². The van der Waals surface area contributed by atoms with Crippen LogP contribution >= 0.6 is 0 Å². The predicted molar refractivity (Wildman–Crippen MR) is 86.1 cm³/mol. The highest BCUT2D eigenvalue weighted by Gasteiger charge is 2.79. The number of rotatable bonds is 1. The van der Waals surface area contributed by atoms with Crippen molar-refractivity contribution in [2.75, 3.05) is 31.1 Å². The Kier molecular flexibility index (Phi) is 3.27. The normalized spacial score (nSPS) is 22.7. The first-order valence-electron chi connectivity index (χ1n) is 8.44. The molecule has 1 aromatic carbocycles. The Labute approximate surface area is 153 Å². The van der Waals surface area contributed by atoms with Crippen LogP contribution in [0.2, 0.25) is 0 Å². The number of hydrogen-bond donors (Lipinski definition) is 1. The zero-order valence-corrected chi connectivity index (χ0v) is 14.1. The Morgan fingerprint density at radius 3 is 2.25 bits per heavy atom. The van der Waals surface area contributed by atoms with E-state index in [9.17, 15) is 26.3 Å². The summed E-state index contributed by atoms with van der Waals surface area (Å²) in [6, 6.07) is 1.25. The predicted octanol–water partition coefficient (Wildman–Crippen LogP) is 2.52. The lowest BCUT2D eigenvalue weighted by atomic mass is 10.1. The maximum absolute atomic E-state index is 14.1. The fourth-order valence-corrected chi connectivity index (χ4v) is 3.73. The molecule has 0 atom stereocenters. The molecule has 0 radical (unpaired) electrons. The molecule has 1 aliphatic carbocycles. The van der Waals surface area contributed by atoms with Crippen molar-refractivity contribution in [3.8, 4) is 0 Å². The third-order valence-corrected chi connectivity index (χ3v) is 5.23. The fourth-order valence-electron chi connectivity index (χ4n) is 3.73. The molecule has 1 saturated heterocycles. The summed E-state index contributed by atoms with van der Waals surface area (Å²) in [5.41, 5.74) is -2.77. The van der Waals surface area contributed by atoms with Crippen LogP contribution in [0, 0.1) is 0 Å². The van der Waals surface area contributed by atoms with Gasteiger partial charge in [0.1, 0.15) is 6.33 Å². The van der Waals surface area contributed by atoms with Gasteiger partial charge in [0, 0.05) is 37.3 Å². The molecule has 12 heteroatoms. The van der Waals surface area contributed by atoms with Gasteiger partial charge in [-0.2, -0.15) is 26.3 Å². The topological polar surface area (TPSA) is 58.4 Å². The lowest BCUT2D eigenvalue weighted by molar-refractivity contribution is -0.302. The van der Waals surface area contributed by atoms with E-state index in [1.165, 1.54) is 10.7 Å². The number of benzene rings is 1. The minimum Gasteiger partial charge on any atom is -0.351 e. The first-order valence-corrected chi connectivity index (χ1v) is 8.44. The fraction of sp³-hybridized carbons (Fsp3) is 0.438. The smallest absolute Gasteiger partial charge is 0.351 e. The number of nitrogens with zero attached hydrogens (tertiary/aromatic N) is 5. The van der Waals surface area contributed by atoms with E-state index < -0.39 is 28.9 Å². The van der Waals surface area contributed by atoms with E-state index >= 15 is 0 Å². The minimum atomic E-state index is -5.53. The third kappa shape index (κ3) is 1.95. The number of halogens is 6. The van der Waals surface area contributed by atoms with Gasteiger partial charge in [0.15, 0.2) is 5.82 Å². The molecule has 3 aromatic rings. The zero-order chi connectivity index (χ0) is 19.9. The molecule has 2 aromatic heterocycles. The summed E-state index contributed by atoms with van der Waals surface area (Å²) in [6.45, 7) is 2.41. The highest BCUT2D eigenvalue weighted by atomic mass is 19.3. The monoisotopic (exact) mass is 402 g/mol. The molecule has 0 saturated carbocycles. The van der Waals surface area contributed by atoms with Gasteiger partial charge in [-0.25, -0.2) is 4.98 Å². The number of piperazine rings is 1. The maximum Gasteiger partial charge on any atom is 0.380 e. The van der Waals surface area contributed by atoms with Crippen molar-refractivity contribution in [3.63, 3.8) is 0 Å². The summed E-state index contributed by atoms with van der Waals surface area (Å²) in [4.78, 5) is 6.13. The highest BCUT2D eigenvalue weighted by molar-refractivity contribution is 5.85. The second kappa shape index (κ2) is 5.25. The molecule has 28 heavy (non-hydrogen) atoms. The van der Waals surface area contributed by atoms with Crippen LogP contribution < -0.4 is 10.2 Å². The quantitative estimate of drug-likeness (QED) is 0.634. The van der Waals surface area contributed by atoms with Crippen molar-refractivity contribution in [3.05, 3.63) is 29.6 Å². The molecular weight excluding hydrogens is 390 g/mol. The lowest BCUT2D eigenvalue weighted by Crippen LogP contribution is -2.44. The van der Waals surface area contributed by atoms with Gasteiger partial charge < -0.3 is 10.2 Å². The SMILES string of the molecule is FC1(F)c2cc3nc(N4CCNCC4)c4nncn4c3cc2C(F)(F)C1(F)F. The molecule has 0 amide bonds. The number of nitrogens with one attached hydrogen (secondary N) is 1. The van der Waals surface area contributed by atoms with Crippen molar-refractivity contribution in [1.29, 1.82) is 0 Å². The van der Waals surface area contributed by atoms with E-state index in [1.54, 1.807) is 0 Å². The third-order valence-electron chi connectivity index (χ3n) is 5.23. The van der Waals surface area contributed by atoms with Crippen molar-refractivity contribution >= 4 is 22.5 Å². The molecule has 3 heterocycles. The summed E-state index contributed by atoms with van der Waals surface area (Å²) in [7, 11) is 0. The molecule has 2 aliphatic rings. The van der Waals surface area contributed by atoms with Gasteiger partial charge in [-0.1, -0.05) is 0 Å². The van der Waals surface area contributed by atoms with E-state index in [1.807, 2.05) is 4.90 Å². The summed E-state index contributed by atoms with van der Waals surface area (Å²) in [5, 5.41) is 10.8. The molecule has 1 fully saturated rings. The summed E-state index contributed by atoms with van der Waals surface area (Å²) >= 11 is 0. The van der Waals surface area contributed by atoms with Crippen LogP contribution in [0.3, 0.4) is 0 Å². The second-order valence-corrected chi connectivity index (χ2v) is 6.81. The van der Waals surface area contributed by atoms with Crippen LogP contribution in [0.1, 0.15) is 11.1 Å². The molecule has 5 rings (SSSR count). The van der Waals surface area contributed by atoms with Gasteiger partial charge in [-0.3, -0.25) is 4.40 Å². The van der Waals surface area contributed by atoms with Crippen molar-refractivity contribution in [2.45, 2.75) is 17.8 Å². The largest absolute Gasteiger partial charge is 0.380 e. The minimum absolute atomic E-state index is 0.0502. The average Bonchev–Trinajstić information content (AvgIpc) is 3.19. The van der Waals surface area contributed by atoms with Crippen molar-refractivity contribution in [1.82, 2.24) is 24.9 Å². The molecular formula is C16H12F6N6. The summed E-state index contributed by atoms with van der Waals surface area (Å²) in [5.74, 6) is -15.2. The first-order chi connectivity index (χ1) is 13.2. The molecule has 0 bridgehead atoms. The highest BCUT2D eigenvalue weighted by Crippen LogP contribution is 2.63. The van der Waals surface area contributed by atoms with Gasteiger partial charge in [0.2, 0.25) is 5.65 Å². The number of aromatic nitrogens is 4. The van der Waals surface area contributed by atoms with Crippen LogP contribution in [-0.2, 0) is 11.8 Å². The summed E-state index contributed by atoms with van der Waals surface area (Å²) in [6.07, 6.45) is 1.21. The van der Waals surface area contributed by atoms with Crippen LogP contribution in [0.15, 0.2) is 18.5 Å². The number of alkyl halides is 6. The number of hydrogen-bond acceptors (Lipinski definition) is 5. The van der Waals surface area contributed by atoms with E-state index in [0.29, 0.717) is 44.1 Å². The van der Waals surface area contributed by atoms with E-state index in [-0.39, 0.29) is 16.7 Å². The molecule has 6 nitrogen and oxygen atoms in total. The number of fused-ring (bicyclic) bond motifs is 4. The average molecular weight is 402 g/mol. The first kappa shape index (κ1) is 17.5. The molecule has 1 aliphatic heterocycles. The molecule has 1 N–H and O–H groups in total. The second-order valence-electron chi connectivity index (χ2n) is 6.81. The maximum atomic E-state index is 14.1. The Morgan fingerprint density at radius 2 is 1.57 bits per heavy atom. The Morgan fingerprint density at radius 1 is 0.929 bits per heavy atom. The van der Waals surface area contributed by atoms with Crippen LogP contribution in [-0.4, -0.2) is 51.7 Å². The van der Waals surface area contributed by atoms with Gasteiger partial charge in [-0.15, -0.1) is 10.2 Å². The lowest BCUT2D eigenvalue weighted by Gasteiger charge is -2.28. The molecule has 0 spiro atoms. The Hall–Kier alpha value is -2.63. The number of anilines is 1. The van der Waals surface area contributed by atoms with E-state index in [4.69, 9.17) is 0 Å². The van der Waals surface area contributed by atoms with Crippen LogP contribution in [0.25, 0.3) is 16.7 Å². The van der Waals surface area contributed by atoms with Gasteiger partial charge in [0.25, 0.3) is 0 Å². The Balaban J connectivity index is 1.82. The van der Waals surface area contributed by atoms with Crippen LogP contribution in [0.5, 0.6) is 0 Å². The summed E-state index contributed by atoms with van der Waals surface area (Å²) < 4.78 is 85.4.